The molecule has 3 N–H and O–H groups in total. The summed E-state index contributed by atoms with van der Waals surface area (Å²) in [6.07, 6.45) is 0. The Labute approximate surface area is 113 Å². The summed E-state index contributed by atoms with van der Waals surface area (Å²) in [5, 5.41) is 2.93. The number of rotatable bonds is 5. The molecule has 4 nitrogen and oxygen atoms in total. The number of nitrogens with two attached hydrogens (primary N) is 1. The van der Waals surface area contributed by atoms with Gasteiger partial charge >= 0.3 is 0 Å². The summed E-state index contributed by atoms with van der Waals surface area (Å²) in [5.41, 5.74) is 6.88. The Morgan fingerprint density at radius 3 is 2.28 bits per heavy atom. The molecular formula is C13H19N3OS. The van der Waals surface area contributed by atoms with Crippen LogP contribution in [0.25, 0.3) is 0 Å². The molecule has 1 unspecified atom stereocenters. The Kier molecular flexibility index (Phi) is 5.25. The summed E-state index contributed by atoms with van der Waals surface area (Å²) in [6, 6.07) is 7.07. The second-order valence-electron chi connectivity index (χ2n) is 4.58. The molecule has 18 heavy (non-hydrogen) atoms. The van der Waals surface area contributed by atoms with E-state index in [9.17, 15) is 4.79 Å². The lowest BCUT2D eigenvalue weighted by atomic mass is 10.1. The molecule has 1 atom stereocenters. The average Bonchev–Trinajstić information content (AvgIpc) is 2.27. The first-order chi connectivity index (χ1) is 8.40. The van der Waals surface area contributed by atoms with E-state index in [2.05, 4.69) is 5.32 Å². The minimum Gasteiger partial charge on any atom is -0.389 e. The number of carbonyl (C=O) groups excluding carboxylic acids is 1. The van der Waals surface area contributed by atoms with Gasteiger partial charge < -0.3 is 16.0 Å². The van der Waals surface area contributed by atoms with Crippen molar-refractivity contribution in [2.45, 2.75) is 13.0 Å². The molecule has 0 aliphatic carbocycles. The van der Waals surface area contributed by atoms with Gasteiger partial charge in [-0.1, -0.05) is 24.4 Å². The van der Waals surface area contributed by atoms with Crippen LogP contribution < -0.4 is 11.1 Å². The molecule has 1 rings (SSSR count). The van der Waals surface area contributed by atoms with Crippen LogP contribution in [0.3, 0.4) is 0 Å². The predicted molar refractivity (Wildman–Crippen MR) is 77.8 cm³/mol. The molecule has 0 aliphatic heterocycles. The second kappa shape index (κ2) is 6.47. The maximum Gasteiger partial charge on any atom is 0.251 e. The molecule has 1 aromatic rings. The van der Waals surface area contributed by atoms with Gasteiger partial charge in [-0.15, -0.1) is 0 Å². The van der Waals surface area contributed by atoms with E-state index in [1.807, 2.05) is 25.9 Å². The zero-order valence-electron chi connectivity index (χ0n) is 10.9. The lowest BCUT2D eigenvalue weighted by Gasteiger charge is -2.18. The Bertz CT molecular complexity index is 428. The van der Waals surface area contributed by atoms with Crippen molar-refractivity contribution in [1.82, 2.24) is 10.2 Å². The zero-order valence-corrected chi connectivity index (χ0v) is 11.8. The number of hydrogen-bond donors (Lipinski definition) is 2. The lowest BCUT2D eigenvalue weighted by Crippen LogP contribution is -2.39. The maximum absolute atomic E-state index is 11.9. The van der Waals surface area contributed by atoms with E-state index in [1.165, 1.54) is 0 Å². The molecule has 0 bridgehead atoms. The number of nitrogens with one attached hydrogen (secondary N) is 1. The number of likely N-dealkylation sites (N-methyl/N-ethyl adjacent to an activating group) is 1. The van der Waals surface area contributed by atoms with E-state index in [1.54, 1.807) is 24.3 Å². The van der Waals surface area contributed by atoms with E-state index in [0.29, 0.717) is 10.6 Å². The molecule has 0 spiro atoms. The normalized spacial score (nSPS) is 12.2. The largest absolute Gasteiger partial charge is 0.389 e. The smallest absolute Gasteiger partial charge is 0.251 e. The van der Waals surface area contributed by atoms with Gasteiger partial charge in [0.15, 0.2) is 0 Å². The Balaban J connectivity index is 2.64. The van der Waals surface area contributed by atoms with Crippen LogP contribution in [0.4, 0.5) is 0 Å². The Morgan fingerprint density at radius 1 is 1.33 bits per heavy atom. The van der Waals surface area contributed by atoms with Gasteiger partial charge in [0.2, 0.25) is 0 Å². The average molecular weight is 265 g/mol. The first-order valence-electron chi connectivity index (χ1n) is 5.75. The number of thiocarbonyl (C=S) groups is 1. The zero-order chi connectivity index (χ0) is 13.7. The summed E-state index contributed by atoms with van der Waals surface area (Å²) < 4.78 is 0. The molecular weight excluding hydrogens is 246 g/mol. The molecule has 0 aliphatic rings. The van der Waals surface area contributed by atoms with Gasteiger partial charge in [-0.05, 0) is 33.2 Å². The van der Waals surface area contributed by atoms with Crippen LogP contribution in [0.5, 0.6) is 0 Å². The molecule has 1 amide bonds. The van der Waals surface area contributed by atoms with Crippen molar-refractivity contribution in [3.05, 3.63) is 35.4 Å². The Morgan fingerprint density at radius 2 is 1.83 bits per heavy atom. The lowest BCUT2D eigenvalue weighted by molar-refractivity contribution is 0.0934. The summed E-state index contributed by atoms with van der Waals surface area (Å²) in [6.45, 7) is 2.78. The van der Waals surface area contributed by atoms with Crippen molar-refractivity contribution < 1.29 is 4.79 Å². The van der Waals surface area contributed by atoms with Crippen molar-refractivity contribution in [2.75, 3.05) is 20.6 Å². The highest BCUT2D eigenvalue weighted by atomic mass is 32.1. The molecule has 0 fully saturated rings. The van der Waals surface area contributed by atoms with E-state index >= 15 is 0 Å². The van der Waals surface area contributed by atoms with Crippen molar-refractivity contribution in [2.24, 2.45) is 5.73 Å². The van der Waals surface area contributed by atoms with Crippen molar-refractivity contribution in [3.63, 3.8) is 0 Å². The quantitative estimate of drug-likeness (QED) is 0.780. The van der Waals surface area contributed by atoms with Gasteiger partial charge in [0.25, 0.3) is 5.91 Å². The van der Waals surface area contributed by atoms with Gasteiger partial charge in [0, 0.05) is 23.7 Å². The van der Waals surface area contributed by atoms with E-state index in [4.69, 9.17) is 18.0 Å². The van der Waals surface area contributed by atoms with Crippen LogP contribution in [0.15, 0.2) is 24.3 Å². The van der Waals surface area contributed by atoms with Crippen LogP contribution in [-0.2, 0) is 0 Å². The summed E-state index contributed by atoms with van der Waals surface area (Å²) in [7, 11) is 3.94. The number of hydrogen-bond acceptors (Lipinski definition) is 3. The van der Waals surface area contributed by atoms with Gasteiger partial charge in [-0.3, -0.25) is 4.79 Å². The first-order valence-corrected chi connectivity index (χ1v) is 6.16. The van der Waals surface area contributed by atoms with Gasteiger partial charge in [-0.2, -0.15) is 0 Å². The summed E-state index contributed by atoms with van der Waals surface area (Å²) in [4.78, 5) is 14.3. The van der Waals surface area contributed by atoms with E-state index < -0.39 is 0 Å². The molecule has 98 valence electrons. The van der Waals surface area contributed by atoms with Crippen LogP contribution >= 0.6 is 12.2 Å². The molecule has 1 aromatic carbocycles. The number of amides is 1. The maximum atomic E-state index is 11.9. The van der Waals surface area contributed by atoms with Crippen molar-refractivity contribution >= 4 is 23.1 Å². The molecule has 0 aromatic heterocycles. The van der Waals surface area contributed by atoms with Gasteiger partial charge in [0.1, 0.15) is 4.99 Å². The van der Waals surface area contributed by atoms with Gasteiger partial charge in [-0.25, -0.2) is 0 Å². The fourth-order valence-corrected chi connectivity index (χ4v) is 1.82. The van der Waals surface area contributed by atoms with Crippen molar-refractivity contribution in [3.8, 4) is 0 Å². The van der Waals surface area contributed by atoms with Crippen LogP contribution in [0.1, 0.15) is 22.8 Å². The first kappa shape index (κ1) is 14.6. The fraction of sp³-hybridized carbons (Fsp3) is 0.385. The third-order valence-electron chi connectivity index (χ3n) is 2.45. The minimum atomic E-state index is -0.0844. The second-order valence-corrected chi connectivity index (χ2v) is 5.02. The molecule has 5 heteroatoms. The number of nitrogens with zero attached hydrogens (tertiary/aromatic N) is 1. The number of benzene rings is 1. The highest BCUT2D eigenvalue weighted by molar-refractivity contribution is 7.80. The standard InChI is InChI=1S/C13H19N3OS/c1-9(8-16(2)3)15-13(17)11-6-4-10(5-7-11)12(14)18/h4-7,9H,8H2,1-3H3,(H2,14,18)(H,15,17). The summed E-state index contributed by atoms with van der Waals surface area (Å²) >= 11 is 4.86. The molecule has 0 saturated heterocycles. The van der Waals surface area contributed by atoms with Crippen LogP contribution in [0.2, 0.25) is 0 Å². The third kappa shape index (κ3) is 4.43. The van der Waals surface area contributed by atoms with Crippen LogP contribution in [-0.4, -0.2) is 42.5 Å². The number of carbonyl (C=O) groups is 1. The SMILES string of the molecule is CC(CN(C)C)NC(=O)c1ccc(C(N)=S)cc1. The fourth-order valence-electron chi connectivity index (χ4n) is 1.69. The van der Waals surface area contributed by atoms with Crippen LogP contribution in [0, 0.1) is 0 Å². The van der Waals surface area contributed by atoms with E-state index in [-0.39, 0.29) is 11.9 Å². The molecule has 0 heterocycles. The molecule has 0 saturated carbocycles. The van der Waals surface area contributed by atoms with Crippen molar-refractivity contribution in [1.29, 1.82) is 0 Å². The monoisotopic (exact) mass is 265 g/mol. The topological polar surface area (TPSA) is 58.4 Å². The predicted octanol–water partition coefficient (Wildman–Crippen LogP) is 1.00. The highest BCUT2D eigenvalue weighted by Crippen LogP contribution is 2.04. The third-order valence-corrected chi connectivity index (χ3v) is 2.68. The highest BCUT2D eigenvalue weighted by Gasteiger charge is 2.10. The van der Waals surface area contributed by atoms with E-state index in [0.717, 1.165) is 12.1 Å². The summed E-state index contributed by atoms with van der Waals surface area (Å²) in [5.74, 6) is -0.0844. The Hall–Kier alpha value is -1.46. The minimum absolute atomic E-state index is 0.0844. The van der Waals surface area contributed by atoms with Gasteiger partial charge in [0.05, 0.1) is 0 Å². The molecule has 0 radical (unpaired) electrons.